The van der Waals surface area contributed by atoms with Gasteiger partial charge in [0.15, 0.2) is 0 Å². The Morgan fingerprint density at radius 2 is 1.64 bits per heavy atom. The maximum atomic E-state index is 13.0. The number of carbonyl (C=O) groups excluding carboxylic acids is 1. The molecule has 0 N–H and O–H groups in total. The Hall–Kier alpha value is -3.37. The smallest absolute Gasteiger partial charge is 0.344 e. The van der Waals surface area contributed by atoms with Crippen LogP contribution in [0.4, 0.5) is 0 Å². The van der Waals surface area contributed by atoms with E-state index < -0.39 is 5.97 Å². The third kappa shape index (κ3) is 3.68. The molecule has 0 unspecified atom stereocenters. The second-order valence-electron chi connectivity index (χ2n) is 6.15. The lowest BCUT2D eigenvalue weighted by Crippen LogP contribution is -2.10. The number of para-hydroxylation sites is 1. The van der Waals surface area contributed by atoms with Gasteiger partial charge < -0.3 is 9.47 Å². The Labute approximate surface area is 167 Å². The molecule has 0 amide bonds. The summed E-state index contributed by atoms with van der Waals surface area (Å²) >= 11 is 5.99. The van der Waals surface area contributed by atoms with Crippen LogP contribution >= 0.6 is 11.6 Å². The molecule has 1 heterocycles. The predicted octanol–water partition coefficient (Wildman–Crippen LogP) is 5.78. The molecule has 0 atom stereocenters. The van der Waals surface area contributed by atoms with E-state index in [-0.39, 0.29) is 0 Å². The van der Waals surface area contributed by atoms with Crippen LogP contribution in [-0.4, -0.2) is 18.1 Å². The minimum absolute atomic E-state index is 0.415. The summed E-state index contributed by atoms with van der Waals surface area (Å²) in [5.41, 5.74) is 2.70. The second-order valence-corrected chi connectivity index (χ2v) is 6.58. The zero-order valence-electron chi connectivity index (χ0n) is 15.1. The summed E-state index contributed by atoms with van der Waals surface area (Å²) in [7, 11) is 1.57. The Balaban J connectivity index is 1.78. The van der Waals surface area contributed by atoms with Crippen LogP contribution in [-0.2, 0) is 0 Å². The molecule has 0 bridgehead atoms. The van der Waals surface area contributed by atoms with Crippen molar-refractivity contribution in [2.24, 2.45) is 0 Å². The molecule has 138 valence electrons. The van der Waals surface area contributed by atoms with E-state index in [2.05, 4.69) is 4.98 Å². The highest BCUT2D eigenvalue weighted by Crippen LogP contribution is 2.27. The van der Waals surface area contributed by atoms with Crippen molar-refractivity contribution in [3.63, 3.8) is 0 Å². The fourth-order valence-electron chi connectivity index (χ4n) is 2.94. The van der Waals surface area contributed by atoms with E-state index in [1.165, 1.54) is 0 Å². The van der Waals surface area contributed by atoms with Gasteiger partial charge in [-0.1, -0.05) is 48.0 Å². The zero-order chi connectivity index (χ0) is 19.5. The van der Waals surface area contributed by atoms with Gasteiger partial charge in [-0.2, -0.15) is 0 Å². The number of ether oxygens (including phenoxy) is 2. The largest absolute Gasteiger partial charge is 0.497 e. The highest BCUT2D eigenvalue weighted by atomic mass is 35.5. The first-order valence-corrected chi connectivity index (χ1v) is 9.04. The van der Waals surface area contributed by atoms with Gasteiger partial charge in [-0.3, -0.25) is 0 Å². The van der Waals surface area contributed by atoms with Gasteiger partial charge in [0.1, 0.15) is 11.5 Å². The summed E-state index contributed by atoms with van der Waals surface area (Å²) in [5, 5.41) is 1.37. The fourth-order valence-corrected chi connectivity index (χ4v) is 3.07. The first-order valence-electron chi connectivity index (χ1n) is 8.66. The molecule has 0 aliphatic carbocycles. The Morgan fingerprint density at radius 1 is 0.893 bits per heavy atom. The van der Waals surface area contributed by atoms with Crippen LogP contribution in [0.25, 0.3) is 22.2 Å². The topological polar surface area (TPSA) is 48.4 Å². The molecule has 4 nitrogen and oxygen atoms in total. The Kier molecular flexibility index (Phi) is 4.96. The van der Waals surface area contributed by atoms with Gasteiger partial charge in [0.25, 0.3) is 0 Å². The van der Waals surface area contributed by atoms with Crippen molar-refractivity contribution in [1.29, 1.82) is 0 Å². The van der Waals surface area contributed by atoms with Crippen molar-refractivity contribution < 1.29 is 14.3 Å². The van der Waals surface area contributed by atoms with Crippen molar-refractivity contribution in [2.75, 3.05) is 7.11 Å². The van der Waals surface area contributed by atoms with Gasteiger partial charge in [0.05, 0.1) is 23.9 Å². The minimum atomic E-state index is -0.456. The second kappa shape index (κ2) is 7.71. The maximum absolute atomic E-state index is 13.0. The number of nitrogens with zero attached hydrogens (tertiary/aromatic N) is 1. The Bertz CT molecular complexity index is 1160. The number of fused-ring (bicyclic) bond motifs is 1. The van der Waals surface area contributed by atoms with Crippen LogP contribution in [0.3, 0.4) is 0 Å². The van der Waals surface area contributed by atoms with E-state index in [0.29, 0.717) is 33.3 Å². The molecular weight excluding hydrogens is 374 g/mol. The summed E-state index contributed by atoms with van der Waals surface area (Å²) < 4.78 is 10.8. The lowest BCUT2D eigenvalue weighted by Gasteiger charge is -2.10. The van der Waals surface area contributed by atoms with Crippen molar-refractivity contribution in [1.82, 2.24) is 4.98 Å². The predicted molar refractivity (Wildman–Crippen MR) is 110 cm³/mol. The SMILES string of the molecule is COc1cccc(OC(=O)c2cc(-c3ccc(Cl)cc3)nc3ccccc23)c1. The van der Waals surface area contributed by atoms with Crippen LogP contribution in [0.5, 0.6) is 11.5 Å². The molecule has 1 aromatic heterocycles. The van der Waals surface area contributed by atoms with E-state index in [4.69, 9.17) is 21.1 Å². The fraction of sp³-hybridized carbons (Fsp3) is 0.0435. The van der Waals surface area contributed by atoms with Gasteiger partial charge >= 0.3 is 5.97 Å². The molecule has 0 aliphatic heterocycles. The molecule has 0 aliphatic rings. The molecule has 3 aromatic carbocycles. The summed E-state index contributed by atoms with van der Waals surface area (Å²) in [4.78, 5) is 17.6. The van der Waals surface area contributed by atoms with E-state index in [0.717, 1.165) is 10.9 Å². The van der Waals surface area contributed by atoms with Gasteiger partial charge in [-0.05, 0) is 36.4 Å². The number of halogens is 1. The zero-order valence-corrected chi connectivity index (χ0v) is 15.8. The van der Waals surface area contributed by atoms with Gasteiger partial charge in [0.2, 0.25) is 0 Å². The number of hydrogen-bond acceptors (Lipinski definition) is 4. The molecule has 0 radical (unpaired) electrons. The average molecular weight is 390 g/mol. The number of pyridine rings is 1. The average Bonchev–Trinajstić information content (AvgIpc) is 2.73. The molecule has 0 saturated carbocycles. The number of benzene rings is 3. The van der Waals surface area contributed by atoms with Crippen LogP contribution in [0.15, 0.2) is 78.9 Å². The third-order valence-electron chi connectivity index (χ3n) is 4.33. The number of esters is 1. The third-order valence-corrected chi connectivity index (χ3v) is 4.58. The van der Waals surface area contributed by atoms with Crippen LogP contribution in [0.2, 0.25) is 5.02 Å². The van der Waals surface area contributed by atoms with Crippen molar-refractivity contribution in [3.05, 3.63) is 89.4 Å². The van der Waals surface area contributed by atoms with E-state index >= 15 is 0 Å². The normalized spacial score (nSPS) is 10.6. The molecule has 0 saturated heterocycles. The van der Waals surface area contributed by atoms with E-state index in [9.17, 15) is 4.79 Å². The van der Waals surface area contributed by atoms with E-state index in [1.54, 1.807) is 49.6 Å². The number of hydrogen-bond donors (Lipinski definition) is 0. The molecule has 4 aromatic rings. The van der Waals surface area contributed by atoms with Crippen LogP contribution in [0, 0.1) is 0 Å². The van der Waals surface area contributed by atoms with Crippen molar-refractivity contribution in [2.45, 2.75) is 0 Å². The number of carbonyl (C=O) groups is 1. The van der Waals surface area contributed by atoms with Gasteiger partial charge in [-0.15, -0.1) is 0 Å². The standard InChI is InChI=1S/C23H16ClNO3/c1-27-17-5-4-6-18(13-17)28-23(26)20-14-22(15-9-11-16(24)12-10-15)25-21-8-3-2-7-19(20)21/h2-14H,1H3. The summed E-state index contributed by atoms with van der Waals surface area (Å²) in [6, 6.07) is 23.5. The van der Waals surface area contributed by atoms with Crippen molar-refractivity contribution >= 4 is 28.5 Å². The number of methoxy groups -OCH3 is 1. The Morgan fingerprint density at radius 3 is 2.43 bits per heavy atom. The first-order chi connectivity index (χ1) is 13.6. The van der Waals surface area contributed by atoms with Crippen molar-refractivity contribution in [3.8, 4) is 22.8 Å². The lowest BCUT2D eigenvalue weighted by molar-refractivity contribution is 0.0736. The molecule has 5 heteroatoms. The minimum Gasteiger partial charge on any atom is -0.497 e. The van der Waals surface area contributed by atoms with E-state index in [1.807, 2.05) is 36.4 Å². The highest BCUT2D eigenvalue weighted by molar-refractivity contribution is 6.30. The first kappa shape index (κ1) is 18.0. The molecule has 4 rings (SSSR count). The summed E-state index contributed by atoms with van der Waals surface area (Å²) in [6.07, 6.45) is 0. The number of aromatic nitrogens is 1. The van der Waals surface area contributed by atoms with Gasteiger partial charge in [0, 0.05) is 22.0 Å². The summed E-state index contributed by atoms with van der Waals surface area (Å²) in [5.74, 6) is 0.576. The molecule has 0 fully saturated rings. The number of rotatable bonds is 4. The van der Waals surface area contributed by atoms with Crippen LogP contribution < -0.4 is 9.47 Å². The lowest BCUT2D eigenvalue weighted by atomic mass is 10.0. The molecule has 28 heavy (non-hydrogen) atoms. The summed E-state index contributed by atoms with van der Waals surface area (Å²) in [6.45, 7) is 0. The monoisotopic (exact) mass is 389 g/mol. The highest BCUT2D eigenvalue weighted by Gasteiger charge is 2.16. The van der Waals surface area contributed by atoms with Crippen LogP contribution in [0.1, 0.15) is 10.4 Å². The maximum Gasteiger partial charge on any atom is 0.344 e. The quantitative estimate of drug-likeness (QED) is 0.328. The molecular formula is C23H16ClNO3. The van der Waals surface area contributed by atoms with Gasteiger partial charge in [-0.25, -0.2) is 9.78 Å². The molecule has 0 spiro atoms.